The molecule has 9 heteroatoms. The molecule has 0 spiro atoms. The molecule has 0 aliphatic carbocycles. The van der Waals surface area contributed by atoms with E-state index in [1.54, 1.807) is 41.5 Å². The lowest BCUT2D eigenvalue weighted by atomic mass is 10.2. The van der Waals surface area contributed by atoms with E-state index in [2.05, 4.69) is 5.43 Å². The molecule has 27 heavy (non-hydrogen) atoms. The molecule has 0 saturated carbocycles. The summed E-state index contributed by atoms with van der Waals surface area (Å²) in [4.78, 5) is 17.7. The van der Waals surface area contributed by atoms with Gasteiger partial charge in [-0.3, -0.25) is 0 Å². The van der Waals surface area contributed by atoms with Crippen molar-refractivity contribution in [3.8, 4) is 0 Å². The number of piperazine rings is 1. The Morgan fingerprint density at radius 3 is 2.37 bits per heavy atom. The Kier molecular flexibility index (Phi) is 5.76. The van der Waals surface area contributed by atoms with Crippen LogP contribution >= 0.6 is 0 Å². The van der Waals surface area contributed by atoms with Crippen LogP contribution in [0, 0.1) is 0 Å². The SMILES string of the molecule is CC1CN(OC(=O)c2ccccc2)CCN1Nc1ccc(S(N)(=O)=O)cc1. The number of nitrogens with two attached hydrogens (primary N) is 1. The monoisotopic (exact) mass is 390 g/mol. The number of primary sulfonamides is 1. The fourth-order valence-corrected chi connectivity index (χ4v) is 3.32. The number of nitrogens with zero attached hydrogens (tertiary/aromatic N) is 2. The van der Waals surface area contributed by atoms with E-state index in [1.807, 2.05) is 18.0 Å². The summed E-state index contributed by atoms with van der Waals surface area (Å²) in [5, 5.41) is 8.77. The molecule has 0 amide bonds. The van der Waals surface area contributed by atoms with Gasteiger partial charge in [0.05, 0.1) is 17.0 Å². The Labute approximate surface area is 158 Å². The van der Waals surface area contributed by atoms with Crippen LogP contribution in [0.3, 0.4) is 0 Å². The first-order chi connectivity index (χ1) is 12.8. The molecular weight excluding hydrogens is 368 g/mol. The van der Waals surface area contributed by atoms with Crippen LogP contribution in [-0.2, 0) is 14.9 Å². The number of hydrogen-bond donors (Lipinski definition) is 2. The van der Waals surface area contributed by atoms with Gasteiger partial charge >= 0.3 is 5.97 Å². The van der Waals surface area contributed by atoms with Crippen LogP contribution in [0.25, 0.3) is 0 Å². The summed E-state index contributed by atoms with van der Waals surface area (Å²) in [6.45, 7) is 3.72. The van der Waals surface area contributed by atoms with Crippen molar-refractivity contribution in [1.29, 1.82) is 0 Å². The Hall–Kier alpha value is -2.46. The van der Waals surface area contributed by atoms with Gasteiger partial charge in [0.15, 0.2) is 0 Å². The van der Waals surface area contributed by atoms with Gasteiger partial charge in [0, 0.05) is 24.8 Å². The minimum atomic E-state index is -3.70. The summed E-state index contributed by atoms with van der Waals surface area (Å²) in [5.74, 6) is -0.372. The molecule has 2 aromatic rings. The number of hydrazine groups is 1. The maximum atomic E-state index is 12.2. The largest absolute Gasteiger partial charge is 0.364 e. The van der Waals surface area contributed by atoms with Gasteiger partial charge in [-0.25, -0.2) is 23.4 Å². The predicted molar refractivity (Wildman–Crippen MR) is 101 cm³/mol. The van der Waals surface area contributed by atoms with Gasteiger partial charge < -0.3 is 10.3 Å². The van der Waals surface area contributed by atoms with Crippen LogP contribution in [0.15, 0.2) is 59.5 Å². The van der Waals surface area contributed by atoms with Crippen molar-refractivity contribution < 1.29 is 18.0 Å². The molecule has 8 nitrogen and oxygen atoms in total. The third-order valence-electron chi connectivity index (χ3n) is 4.27. The molecule has 1 aliphatic heterocycles. The minimum absolute atomic E-state index is 0.0683. The molecule has 0 bridgehead atoms. The second-order valence-corrected chi connectivity index (χ2v) is 7.92. The molecule has 1 fully saturated rings. The third kappa shape index (κ3) is 5.04. The van der Waals surface area contributed by atoms with E-state index >= 15 is 0 Å². The highest BCUT2D eigenvalue weighted by molar-refractivity contribution is 7.89. The quantitative estimate of drug-likeness (QED) is 0.796. The predicted octanol–water partition coefficient (Wildman–Crippen LogP) is 1.44. The topological polar surface area (TPSA) is 105 Å². The fourth-order valence-electron chi connectivity index (χ4n) is 2.80. The van der Waals surface area contributed by atoms with E-state index < -0.39 is 10.0 Å². The van der Waals surface area contributed by atoms with Gasteiger partial charge in [-0.05, 0) is 43.3 Å². The van der Waals surface area contributed by atoms with Crippen LogP contribution in [-0.4, -0.2) is 50.1 Å². The molecule has 3 N–H and O–H groups in total. The Balaban J connectivity index is 1.55. The van der Waals surface area contributed by atoms with Crippen LogP contribution < -0.4 is 10.6 Å². The van der Waals surface area contributed by atoms with Crippen molar-refractivity contribution in [2.75, 3.05) is 25.1 Å². The van der Waals surface area contributed by atoms with Gasteiger partial charge in [-0.15, -0.1) is 5.06 Å². The number of sulfonamides is 1. The van der Waals surface area contributed by atoms with Crippen LogP contribution in [0.1, 0.15) is 17.3 Å². The first-order valence-electron chi connectivity index (χ1n) is 8.51. The molecule has 0 radical (unpaired) electrons. The van der Waals surface area contributed by atoms with Crippen LogP contribution in [0.5, 0.6) is 0 Å². The highest BCUT2D eigenvalue weighted by atomic mass is 32.2. The van der Waals surface area contributed by atoms with Crippen molar-refractivity contribution >= 4 is 21.7 Å². The molecule has 1 atom stereocenters. The molecule has 1 aliphatic rings. The number of carbonyl (C=O) groups is 1. The number of hydroxylamine groups is 2. The van der Waals surface area contributed by atoms with Gasteiger partial charge in [-0.2, -0.15) is 0 Å². The average Bonchev–Trinajstić information content (AvgIpc) is 2.64. The third-order valence-corrected chi connectivity index (χ3v) is 5.20. The van der Waals surface area contributed by atoms with Crippen molar-refractivity contribution in [3.05, 3.63) is 60.2 Å². The zero-order valence-corrected chi connectivity index (χ0v) is 15.7. The molecule has 144 valence electrons. The number of hydrogen-bond acceptors (Lipinski definition) is 7. The number of carbonyl (C=O) groups excluding carboxylic acids is 1. The van der Waals surface area contributed by atoms with E-state index in [9.17, 15) is 13.2 Å². The molecule has 2 aromatic carbocycles. The standard InChI is InChI=1S/C18H22N4O4S/c1-14-13-21(26-18(23)15-5-3-2-4-6-15)11-12-22(14)20-16-7-9-17(10-8-16)27(19,24)25/h2-10,14,20H,11-13H2,1H3,(H2,19,24,25). The van der Waals surface area contributed by atoms with Crippen molar-refractivity contribution in [1.82, 2.24) is 10.1 Å². The summed E-state index contributed by atoms with van der Waals surface area (Å²) in [5.41, 5.74) is 4.51. The van der Waals surface area contributed by atoms with Crippen LogP contribution in [0.4, 0.5) is 5.69 Å². The summed E-state index contributed by atoms with van der Waals surface area (Å²) >= 11 is 0. The van der Waals surface area contributed by atoms with Gasteiger partial charge in [0.1, 0.15) is 0 Å². The van der Waals surface area contributed by atoms with Crippen LogP contribution in [0.2, 0.25) is 0 Å². The lowest BCUT2D eigenvalue weighted by Crippen LogP contribution is -2.54. The van der Waals surface area contributed by atoms with Gasteiger partial charge in [0.25, 0.3) is 0 Å². The maximum Gasteiger partial charge on any atom is 0.357 e. The van der Waals surface area contributed by atoms with Gasteiger partial charge in [-0.1, -0.05) is 18.2 Å². The molecular formula is C18H22N4O4S. The average molecular weight is 390 g/mol. The fraction of sp³-hybridized carbons (Fsp3) is 0.278. The van der Waals surface area contributed by atoms with Crippen molar-refractivity contribution in [3.63, 3.8) is 0 Å². The maximum absolute atomic E-state index is 12.2. The van der Waals surface area contributed by atoms with E-state index in [1.165, 1.54) is 12.1 Å². The second kappa shape index (κ2) is 8.05. The molecule has 1 saturated heterocycles. The highest BCUT2D eigenvalue weighted by Gasteiger charge is 2.26. The van der Waals surface area contributed by atoms with E-state index in [-0.39, 0.29) is 16.9 Å². The van der Waals surface area contributed by atoms with E-state index in [0.29, 0.717) is 25.2 Å². The molecule has 0 aromatic heterocycles. The summed E-state index contributed by atoms with van der Waals surface area (Å²) in [6.07, 6.45) is 0. The number of anilines is 1. The molecule has 1 unspecified atom stereocenters. The zero-order valence-electron chi connectivity index (χ0n) is 14.9. The first-order valence-corrected chi connectivity index (χ1v) is 10.1. The van der Waals surface area contributed by atoms with Crippen molar-refractivity contribution in [2.45, 2.75) is 17.9 Å². The zero-order chi connectivity index (χ0) is 19.4. The number of nitrogens with one attached hydrogen (secondary N) is 1. The Morgan fingerprint density at radius 1 is 1.11 bits per heavy atom. The summed E-state index contributed by atoms with van der Waals surface area (Å²) in [6, 6.07) is 15.2. The normalized spacial score (nSPS) is 18.8. The van der Waals surface area contributed by atoms with Crippen molar-refractivity contribution in [2.24, 2.45) is 5.14 Å². The highest BCUT2D eigenvalue weighted by Crippen LogP contribution is 2.17. The smallest absolute Gasteiger partial charge is 0.357 e. The minimum Gasteiger partial charge on any atom is -0.364 e. The lowest BCUT2D eigenvalue weighted by molar-refractivity contribution is -0.138. The van der Waals surface area contributed by atoms with E-state index in [0.717, 1.165) is 5.69 Å². The first kappa shape index (κ1) is 19.3. The molecule has 3 rings (SSSR count). The second-order valence-electron chi connectivity index (χ2n) is 6.36. The number of rotatable bonds is 5. The molecule has 1 heterocycles. The van der Waals surface area contributed by atoms with E-state index in [4.69, 9.17) is 9.98 Å². The van der Waals surface area contributed by atoms with Gasteiger partial charge in [0.2, 0.25) is 10.0 Å². The summed E-state index contributed by atoms with van der Waals surface area (Å²) in [7, 11) is -3.70. The summed E-state index contributed by atoms with van der Waals surface area (Å²) < 4.78 is 22.6. The lowest BCUT2D eigenvalue weighted by Gasteiger charge is -2.38. The Bertz CT molecular complexity index is 887. The Morgan fingerprint density at radius 2 is 1.78 bits per heavy atom. The number of benzene rings is 2.